The van der Waals surface area contributed by atoms with Crippen LogP contribution >= 0.6 is 0 Å². The van der Waals surface area contributed by atoms with Crippen LogP contribution in [0.1, 0.15) is 11.4 Å². The maximum absolute atomic E-state index is 13.7. The molecule has 100 valence electrons. The highest BCUT2D eigenvalue weighted by molar-refractivity contribution is 5.31. The number of halogens is 2. The van der Waals surface area contributed by atoms with Gasteiger partial charge < -0.3 is 10.5 Å². The SMILES string of the molecule is NCCc1cc(F)c(OCc2ncccn2)c(F)c1. The van der Waals surface area contributed by atoms with Crippen LogP contribution in [0.25, 0.3) is 0 Å². The zero-order valence-corrected chi connectivity index (χ0v) is 10.1. The summed E-state index contributed by atoms with van der Waals surface area (Å²) in [5.74, 6) is -1.57. The van der Waals surface area contributed by atoms with Crippen LogP contribution in [-0.2, 0) is 13.0 Å². The summed E-state index contributed by atoms with van der Waals surface area (Å²) >= 11 is 0. The molecule has 1 aromatic carbocycles. The van der Waals surface area contributed by atoms with Crippen molar-refractivity contribution in [1.29, 1.82) is 0 Å². The first-order chi connectivity index (χ1) is 9.20. The Labute approximate surface area is 109 Å². The molecule has 2 N–H and O–H groups in total. The average Bonchev–Trinajstić information content (AvgIpc) is 2.39. The number of nitrogens with two attached hydrogens (primary N) is 1. The Morgan fingerprint density at radius 1 is 1.11 bits per heavy atom. The minimum atomic E-state index is -0.751. The lowest BCUT2D eigenvalue weighted by atomic mass is 10.1. The standard InChI is InChI=1S/C13H13F2N3O/c14-10-6-9(2-3-16)7-11(15)13(10)19-8-12-17-4-1-5-18-12/h1,4-7H,2-3,8,16H2. The molecule has 6 heteroatoms. The van der Waals surface area contributed by atoms with Crippen LogP contribution < -0.4 is 10.5 Å². The topological polar surface area (TPSA) is 61.0 Å². The number of benzene rings is 1. The number of hydrogen-bond acceptors (Lipinski definition) is 4. The summed E-state index contributed by atoms with van der Waals surface area (Å²) in [6.07, 6.45) is 3.47. The summed E-state index contributed by atoms with van der Waals surface area (Å²) in [5, 5.41) is 0. The van der Waals surface area contributed by atoms with Gasteiger partial charge in [0.15, 0.2) is 23.2 Å². The van der Waals surface area contributed by atoms with Gasteiger partial charge >= 0.3 is 0 Å². The first-order valence-corrected chi connectivity index (χ1v) is 5.77. The third-order valence-corrected chi connectivity index (χ3v) is 2.46. The normalized spacial score (nSPS) is 10.5. The summed E-state index contributed by atoms with van der Waals surface area (Å²) in [6, 6.07) is 4.08. The van der Waals surface area contributed by atoms with Gasteiger partial charge in [-0.3, -0.25) is 0 Å². The largest absolute Gasteiger partial charge is 0.479 e. The van der Waals surface area contributed by atoms with E-state index in [1.807, 2.05) is 0 Å². The molecule has 0 aliphatic heterocycles. The van der Waals surface area contributed by atoms with Crippen LogP contribution in [0, 0.1) is 11.6 Å². The van der Waals surface area contributed by atoms with E-state index in [-0.39, 0.29) is 6.61 Å². The van der Waals surface area contributed by atoms with Crippen molar-refractivity contribution in [2.75, 3.05) is 6.54 Å². The van der Waals surface area contributed by atoms with Crippen molar-refractivity contribution in [3.05, 3.63) is 53.6 Å². The second kappa shape index (κ2) is 6.19. The molecule has 0 aliphatic rings. The lowest BCUT2D eigenvalue weighted by molar-refractivity contribution is 0.265. The predicted molar refractivity (Wildman–Crippen MR) is 65.5 cm³/mol. The Morgan fingerprint density at radius 3 is 2.32 bits per heavy atom. The molecule has 1 heterocycles. The number of hydrogen-bond donors (Lipinski definition) is 1. The quantitative estimate of drug-likeness (QED) is 0.896. The highest BCUT2D eigenvalue weighted by atomic mass is 19.1. The lowest BCUT2D eigenvalue weighted by Crippen LogP contribution is -2.06. The van der Waals surface area contributed by atoms with Crippen molar-refractivity contribution in [1.82, 2.24) is 9.97 Å². The van der Waals surface area contributed by atoms with Crippen molar-refractivity contribution in [3.8, 4) is 5.75 Å². The molecule has 0 bridgehead atoms. The highest BCUT2D eigenvalue weighted by Crippen LogP contribution is 2.24. The van der Waals surface area contributed by atoms with Gasteiger partial charge in [0.1, 0.15) is 6.61 Å². The van der Waals surface area contributed by atoms with E-state index in [1.165, 1.54) is 24.5 Å². The number of ether oxygens (including phenoxy) is 1. The van der Waals surface area contributed by atoms with E-state index in [0.29, 0.717) is 24.4 Å². The molecule has 0 amide bonds. The van der Waals surface area contributed by atoms with Gasteiger partial charge in [0, 0.05) is 12.4 Å². The molecule has 0 saturated heterocycles. The Balaban J connectivity index is 2.12. The van der Waals surface area contributed by atoms with E-state index in [2.05, 4.69) is 9.97 Å². The molecule has 0 spiro atoms. The Bertz CT molecular complexity index is 526. The fourth-order valence-electron chi connectivity index (χ4n) is 1.60. The molecule has 2 aromatic rings. The van der Waals surface area contributed by atoms with Gasteiger partial charge in [-0.1, -0.05) is 0 Å². The minimum Gasteiger partial charge on any atom is -0.479 e. The number of rotatable bonds is 5. The molecule has 0 aliphatic carbocycles. The molecule has 0 atom stereocenters. The first-order valence-electron chi connectivity index (χ1n) is 5.77. The molecule has 0 fully saturated rings. The van der Waals surface area contributed by atoms with Gasteiger partial charge in [0.2, 0.25) is 0 Å². The van der Waals surface area contributed by atoms with Crippen LogP contribution in [0.15, 0.2) is 30.6 Å². The summed E-state index contributed by atoms with van der Waals surface area (Å²) in [7, 11) is 0. The van der Waals surface area contributed by atoms with E-state index in [9.17, 15) is 8.78 Å². The van der Waals surface area contributed by atoms with Crippen LogP contribution in [0.3, 0.4) is 0 Å². The van der Waals surface area contributed by atoms with Crippen LogP contribution in [0.2, 0.25) is 0 Å². The Kier molecular flexibility index (Phi) is 4.35. The Morgan fingerprint density at radius 2 is 1.74 bits per heavy atom. The lowest BCUT2D eigenvalue weighted by Gasteiger charge is -2.09. The third kappa shape index (κ3) is 3.45. The van der Waals surface area contributed by atoms with Gasteiger partial charge in [-0.2, -0.15) is 0 Å². The predicted octanol–water partition coefficient (Wildman–Crippen LogP) is 1.83. The molecule has 0 unspecified atom stereocenters. The summed E-state index contributed by atoms with van der Waals surface area (Å²) in [4.78, 5) is 7.81. The van der Waals surface area contributed by atoms with Crippen molar-refractivity contribution >= 4 is 0 Å². The molecule has 1 aromatic heterocycles. The molecular formula is C13H13F2N3O. The third-order valence-electron chi connectivity index (χ3n) is 2.46. The van der Waals surface area contributed by atoms with Crippen molar-refractivity contribution in [2.45, 2.75) is 13.0 Å². The second-order valence-electron chi connectivity index (χ2n) is 3.88. The maximum atomic E-state index is 13.7. The van der Waals surface area contributed by atoms with Gasteiger partial charge in [0.25, 0.3) is 0 Å². The van der Waals surface area contributed by atoms with Crippen molar-refractivity contribution in [3.63, 3.8) is 0 Å². The smallest absolute Gasteiger partial charge is 0.191 e. The molecular weight excluding hydrogens is 252 g/mol. The first kappa shape index (κ1) is 13.4. The van der Waals surface area contributed by atoms with E-state index in [1.54, 1.807) is 6.07 Å². The molecule has 2 rings (SSSR count). The minimum absolute atomic E-state index is 0.0923. The zero-order chi connectivity index (χ0) is 13.7. The van der Waals surface area contributed by atoms with Crippen LogP contribution in [-0.4, -0.2) is 16.5 Å². The molecule has 0 saturated carbocycles. The number of nitrogens with zero attached hydrogens (tertiary/aromatic N) is 2. The van der Waals surface area contributed by atoms with Crippen molar-refractivity contribution < 1.29 is 13.5 Å². The maximum Gasteiger partial charge on any atom is 0.191 e. The van der Waals surface area contributed by atoms with Gasteiger partial charge in [0.05, 0.1) is 0 Å². The van der Waals surface area contributed by atoms with Crippen LogP contribution in [0.4, 0.5) is 8.78 Å². The molecule has 4 nitrogen and oxygen atoms in total. The monoisotopic (exact) mass is 265 g/mol. The number of aromatic nitrogens is 2. The van der Waals surface area contributed by atoms with E-state index in [4.69, 9.17) is 10.5 Å². The highest BCUT2D eigenvalue weighted by Gasteiger charge is 2.13. The summed E-state index contributed by atoms with van der Waals surface area (Å²) in [6.45, 7) is 0.238. The zero-order valence-electron chi connectivity index (χ0n) is 10.1. The summed E-state index contributed by atoms with van der Waals surface area (Å²) < 4.78 is 32.5. The van der Waals surface area contributed by atoms with Crippen LogP contribution in [0.5, 0.6) is 5.75 Å². The summed E-state index contributed by atoms with van der Waals surface area (Å²) in [5.41, 5.74) is 5.84. The Hall–Kier alpha value is -2.08. The van der Waals surface area contributed by atoms with Crippen molar-refractivity contribution in [2.24, 2.45) is 5.73 Å². The van der Waals surface area contributed by atoms with Gasteiger partial charge in [-0.15, -0.1) is 0 Å². The fourth-order valence-corrected chi connectivity index (χ4v) is 1.60. The second-order valence-corrected chi connectivity index (χ2v) is 3.88. The average molecular weight is 265 g/mol. The van der Waals surface area contributed by atoms with Gasteiger partial charge in [-0.05, 0) is 36.7 Å². The van der Waals surface area contributed by atoms with E-state index < -0.39 is 17.4 Å². The van der Waals surface area contributed by atoms with E-state index in [0.717, 1.165) is 0 Å². The molecule has 19 heavy (non-hydrogen) atoms. The molecule has 0 radical (unpaired) electrons. The fraction of sp³-hybridized carbons (Fsp3) is 0.231. The van der Waals surface area contributed by atoms with Gasteiger partial charge in [-0.25, -0.2) is 18.7 Å². The van der Waals surface area contributed by atoms with E-state index >= 15 is 0 Å².